The molecule has 0 radical (unpaired) electrons. The first-order valence-electron chi connectivity index (χ1n) is 7.06. The van der Waals surface area contributed by atoms with Gasteiger partial charge in [-0.1, -0.05) is 55.5 Å². The van der Waals surface area contributed by atoms with Crippen LogP contribution >= 0.6 is 0 Å². The lowest BCUT2D eigenvalue weighted by atomic mass is 9.71. The van der Waals surface area contributed by atoms with E-state index in [1.807, 2.05) is 17.0 Å². The van der Waals surface area contributed by atoms with Gasteiger partial charge in [0, 0.05) is 24.6 Å². The largest absolute Gasteiger partial charge is 0.312 e. The maximum Gasteiger partial charge on any atom is 0.223 e. The fraction of sp³-hybridized carbons (Fsp3) is 0.278. The van der Waals surface area contributed by atoms with Gasteiger partial charge in [-0.2, -0.15) is 0 Å². The Kier molecular flexibility index (Phi) is 3.09. The van der Waals surface area contributed by atoms with Crippen molar-refractivity contribution in [1.29, 1.82) is 0 Å². The van der Waals surface area contributed by atoms with E-state index in [0.717, 1.165) is 18.7 Å². The van der Waals surface area contributed by atoms with Crippen molar-refractivity contribution in [3.05, 3.63) is 65.7 Å². The highest BCUT2D eigenvalue weighted by atomic mass is 16.2. The van der Waals surface area contributed by atoms with Crippen LogP contribution in [0.5, 0.6) is 0 Å². The summed E-state index contributed by atoms with van der Waals surface area (Å²) in [7, 11) is 0. The fourth-order valence-corrected chi connectivity index (χ4v) is 3.20. The Labute approximate surface area is 120 Å². The zero-order chi connectivity index (χ0) is 14.2. The number of amides is 1. The summed E-state index contributed by atoms with van der Waals surface area (Å²) in [5.41, 5.74) is 3.59. The lowest BCUT2D eigenvalue weighted by Crippen LogP contribution is -2.41. The highest BCUT2D eigenvalue weighted by Gasteiger charge is 2.37. The van der Waals surface area contributed by atoms with E-state index < -0.39 is 0 Å². The van der Waals surface area contributed by atoms with Crippen molar-refractivity contribution < 1.29 is 4.79 Å². The molecule has 1 heterocycles. The van der Waals surface area contributed by atoms with Crippen molar-refractivity contribution in [1.82, 2.24) is 0 Å². The monoisotopic (exact) mass is 265 g/mol. The molecule has 0 bridgehead atoms. The Bertz CT molecular complexity index is 635. The Morgan fingerprint density at radius 1 is 1.05 bits per heavy atom. The minimum absolute atomic E-state index is 0.0240. The molecule has 20 heavy (non-hydrogen) atoms. The van der Waals surface area contributed by atoms with Crippen LogP contribution in [-0.2, 0) is 10.2 Å². The molecule has 0 saturated carbocycles. The van der Waals surface area contributed by atoms with Crippen molar-refractivity contribution >= 4 is 11.6 Å². The number of para-hydroxylation sites is 1. The molecule has 1 amide bonds. The summed E-state index contributed by atoms with van der Waals surface area (Å²) in [4.78, 5) is 13.7. The average molecular weight is 265 g/mol. The number of anilines is 1. The number of hydrogen-bond acceptors (Lipinski definition) is 1. The lowest BCUT2D eigenvalue weighted by molar-refractivity contribution is -0.116. The second-order valence-corrected chi connectivity index (χ2v) is 5.64. The molecule has 1 atom stereocenters. The quantitative estimate of drug-likeness (QED) is 0.769. The smallest absolute Gasteiger partial charge is 0.223 e. The summed E-state index contributed by atoms with van der Waals surface area (Å²) >= 11 is 0. The predicted molar refractivity (Wildman–Crippen MR) is 82.0 cm³/mol. The van der Waals surface area contributed by atoms with Gasteiger partial charge in [0.25, 0.3) is 0 Å². The number of fused-ring (bicyclic) bond motifs is 1. The molecular formula is C18H19NO. The molecule has 1 aliphatic rings. The van der Waals surface area contributed by atoms with Crippen molar-refractivity contribution in [3.63, 3.8) is 0 Å². The van der Waals surface area contributed by atoms with Gasteiger partial charge in [0.1, 0.15) is 0 Å². The normalized spacial score (nSPS) is 21.4. The number of rotatable bonds is 1. The Hall–Kier alpha value is -2.09. The summed E-state index contributed by atoms with van der Waals surface area (Å²) in [5.74, 6) is 0.118. The molecule has 0 aliphatic carbocycles. The summed E-state index contributed by atoms with van der Waals surface area (Å²) < 4.78 is 0. The van der Waals surface area contributed by atoms with E-state index >= 15 is 0 Å². The highest BCUT2D eigenvalue weighted by molar-refractivity contribution is 5.93. The minimum Gasteiger partial charge on any atom is -0.312 e. The molecule has 2 aromatic carbocycles. The number of hydrogen-bond donors (Lipinski definition) is 0. The fourth-order valence-electron chi connectivity index (χ4n) is 3.20. The van der Waals surface area contributed by atoms with Crippen molar-refractivity contribution in [2.45, 2.75) is 25.7 Å². The molecular weight excluding hydrogens is 246 g/mol. The van der Waals surface area contributed by atoms with Gasteiger partial charge in [0.15, 0.2) is 0 Å². The van der Waals surface area contributed by atoms with Crippen LogP contribution in [0.3, 0.4) is 0 Å². The average Bonchev–Trinajstić information content (AvgIpc) is 2.48. The van der Waals surface area contributed by atoms with Crippen LogP contribution in [0.4, 0.5) is 5.69 Å². The molecule has 2 aromatic rings. The van der Waals surface area contributed by atoms with Crippen LogP contribution in [0, 0.1) is 0 Å². The van der Waals surface area contributed by atoms with E-state index in [2.05, 4.69) is 49.4 Å². The van der Waals surface area contributed by atoms with Gasteiger partial charge in [-0.25, -0.2) is 0 Å². The summed E-state index contributed by atoms with van der Waals surface area (Å²) in [6, 6.07) is 18.8. The Balaban J connectivity index is 2.16. The first-order valence-corrected chi connectivity index (χ1v) is 7.06. The van der Waals surface area contributed by atoms with Gasteiger partial charge in [-0.15, -0.1) is 0 Å². The third kappa shape index (κ3) is 1.92. The van der Waals surface area contributed by atoms with Crippen molar-refractivity contribution in [2.75, 3.05) is 11.4 Å². The van der Waals surface area contributed by atoms with Gasteiger partial charge in [-0.05, 0) is 23.6 Å². The third-order valence-electron chi connectivity index (χ3n) is 4.42. The number of carbonyl (C=O) groups is 1. The van der Waals surface area contributed by atoms with E-state index in [4.69, 9.17) is 0 Å². The second-order valence-electron chi connectivity index (χ2n) is 5.64. The molecule has 0 N–H and O–H groups in total. The maximum absolute atomic E-state index is 11.8. The molecule has 1 aliphatic heterocycles. The van der Waals surface area contributed by atoms with Gasteiger partial charge >= 0.3 is 0 Å². The predicted octanol–water partition coefficient (Wildman–Crippen LogP) is 3.75. The Morgan fingerprint density at radius 3 is 2.40 bits per heavy atom. The van der Waals surface area contributed by atoms with Crippen molar-refractivity contribution in [3.8, 4) is 0 Å². The Morgan fingerprint density at radius 2 is 1.70 bits per heavy atom. The standard InChI is InChI=1S/C18H19NO/c1-14(20)19-13-12-18(2,15-8-4-3-5-9-15)16-10-6-7-11-17(16)19/h3-11H,12-13H2,1-2H3. The first-order chi connectivity index (χ1) is 9.63. The first kappa shape index (κ1) is 12.9. The second kappa shape index (κ2) is 4.78. The minimum atomic E-state index is -0.0240. The van der Waals surface area contributed by atoms with Crippen LogP contribution < -0.4 is 4.90 Å². The maximum atomic E-state index is 11.8. The van der Waals surface area contributed by atoms with Crippen LogP contribution in [0.1, 0.15) is 31.4 Å². The van der Waals surface area contributed by atoms with Gasteiger partial charge in [0.05, 0.1) is 0 Å². The molecule has 0 saturated heterocycles. The highest BCUT2D eigenvalue weighted by Crippen LogP contribution is 2.44. The molecule has 3 rings (SSSR count). The van der Waals surface area contributed by atoms with Crippen molar-refractivity contribution in [2.24, 2.45) is 0 Å². The molecule has 0 spiro atoms. The molecule has 102 valence electrons. The van der Waals surface area contributed by atoms with E-state index in [1.165, 1.54) is 11.1 Å². The lowest BCUT2D eigenvalue weighted by Gasteiger charge is -2.41. The van der Waals surface area contributed by atoms with Crippen LogP contribution in [0.15, 0.2) is 54.6 Å². The molecule has 0 aromatic heterocycles. The number of benzene rings is 2. The summed E-state index contributed by atoms with van der Waals surface area (Å²) in [6.45, 7) is 4.69. The van der Waals surface area contributed by atoms with E-state index in [9.17, 15) is 4.79 Å². The van der Waals surface area contributed by atoms with Gasteiger partial charge in [0.2, 0.25) is 5.91 Å². The molecule has 2 nitrogen and oxygen atoms in total. The van der Waals surface area contributed by atoms with Crippen LogP contribution in [-0.4, -0.2) is 12.5 Å². The SMILES string of the molecule is CC(=O)N1CCC(C)(c2ccccc2)c2ccccc21. The van der Waals surface area contributed by atoms with Crippen LogP contribution in [0.25, 0.3) is 0 Å². The number of carbonyl (C=O) groups excluding carboxylic acids is 1. The van der Waals surface area contributed by atoms with Gasteiger partial charge in [-0.3, -0.25) is 4.79 Å². The van der Waals surface area contributed by atoms with E-state index in [1.54, 1.807) is 6.92 Å². The topological polar surface area (TPSA) is 20.3 Å². The summed E-state index contributed by atoms with van der Waals surface area (Å²) in [6.07, 6.45) is 0.952. The zero-order valence-electron chi connectivity index (χ0n) is 12.0. The van der Waals surface area contributed by atoms with E-state index in [0.29, 0.717) is 0 Å². The molecule has 0 fully saturated rings. The van der Waals surface area contributed by atoms with Gasteiger partial charge < -0.3 is 4.90 Å². The third-order valence-corrected chi connectivity index (χ3v) is 4.42. The van der Waals surface area contributed by atoms with E-state index in [-0.39, 0.29) is 11.3 Å². The summed E-state index contributed by atoms with van der Waals surface area (Å²) in [5, 5.41) is 0. The zero-order valence-corrected chi connectivity index (χ0v) is 12.0. The molecule has 1 unspecified atom stereocenters. The van der Waals surface area contributed by atoms with Crippen LogP contribution in [0.2, 0.25) is 0 Å². The molecule has 2 heteroatoms. The number of nitrogens with zero attached hydrogens (tertiary/aromatic N) is 1.